The highest BCUT2D eigenvalue weighted by atomic mass is 32.1. The fraction of sp³-hybridized carbons (Fsp3) is 0.0700. The van der Waals surface area contributed by atoms with Crippen LogP contribution in [-0.4, -0.2) is 94.7 Å². The van der Waals surface area contributed by atoms with E-state index < -0.39 is 0 Å². The molecule has 2 aromatic carbocycles. The Morgan fingerprint density at radius 2 is 0.564 bits per heavy atom. The maximum atomic E-state index is 4.61. The van der Waals surface area contributed by atoms with Gasteiger partial charge in [0.1, 0.15) is 57.7 Å². The molecule has 19 heterocycles. The highest BCUT2D eigenvalue weighted by Gasteiger charge is 2.15. The second-order valence-corrected chi connectivity index (χ2v) is 34.8. The van der Waals surface area contributed by atoms with E-state index in [1.54, 1.807) is 142 Å². The van der Waals surface area contributed by atoms with Gasteiger partial charge in [-0.15, -0.1) is 79.4 Å². The lowest BCUT2D eigenvalue weighted by Crippen LogP contribution is -1.95. The van der Waals surface area contributed by atoms with Crippen LogP contribution in [0.4, 0.5) is 76.5 Å². The standard InChI is InChI=1S/C16H15N3S.C15H13N3S.4C14H12N4S.C13H10N4S/c1-11-5-7-13(8-6-11)14-10-20-16(18-14)19-15-12(2)4-3-9-17-15;1-11-6-2-3-7-12(11)17-15-18-14(10-19-15)13-8-4-5-9-16-13;1-10-4-2-7-16-13(10)18-14-17-12(9-19-14)11-5-3-6-15-8-11;1-10-3-2-6-16-13(10)18-14-17-12(9-19-14)11-4-7-15-8-5-11;1-10-5-4-7-13(16-10)18-14-17-12(9-19-14)11-6-2-3-8-15-11;1-10-5-7-16-13(8-10)18-14-17-12(9-19-14)11-4-2-3-6-15-11;1-3-7-14-10(5-1)11-9-18-13(16-11)17-12-6-2-4-8-15-12/h3-10H,1-2H3,(H,17,18,19);2-10H,1H3,(H,17,18);4*2-9H,1H3,(H,16,17,18);1-9H,(H,15,16,17). The highest BCUT2D eigenvalue weighted by Crippen LogP contribution is 2.35. The third kappa shape index (κ3) is 27.9. The van der Waals surface area contributed by atoms with Gasteiger partial charge in [-0.3, -0.25) is 29.9 Å². The molecule has 0 aliphatic heterocycles. The van der Waals surface area contributed by atoms with Crippen molar-refractivity contribution in [3.63, 3.8) is 0 Å². The molecule has 658 valence electrons. The minimum absolute atomic E-state index is 0.791. The van der Waals surface area contributed by atoms with Gasteiger partial charge >= 0.3 is 0 Å². The predicted molar refractivity (Wildman–Crippen MR) is 548 cm³/mol. The molecular weight excluding hydrogens is 1790 g/mol. The molecule has 21 aromatic rings. The van der Waals surface area contributed by atoms with Crippen molar-refractivity contribution < 1.29 is 0 Å². The highest BCUT2D eigenvalue weighted by molar-refractivity contribution is 7.16. The minimum Gasteiger partial charge on any atom is -0.331 e. The van der Waals surface area contributed by atoms with Gasteiger partial charge in [0, 0.05) is 146 Å². The van der Waals surface area contributed by atoms with E-state index in [9.17, 15) is 0 Å². The monoisotopic (exact) mass is 1870 g/mol. The van der Waals surface area contributed by atoms with Crippen LogP contribution in [0.25, 0.3) is 79.3 Å². The zero-order valence-electron chi connectivity index (χ0n) is 72.8. The number of hydrogen-bond donors (Lipinski definition) is 7. The summed E-state index contributed by atoms with van der Waals surface area (Å²) in [5.41, 5.74) is 22.2. The van der Waals surface area contributed by atoms with Crippen molar-refractivity contribution in [2.24, 2.45) is 0 Å². The first-order valence-corrected chi connectivity index (χ1v) is 47.6. The van der Waals surface area contributed by atoms with Gasteiger partial charge in [0.15, 0.2) is 35.9 Å². The van der Waals surface area contributed by atoms with Crippen LogP contribution in [0.5, 0.6) is 0 Å². The van der Waals surface area contributed by atoms with E-state index in [1.165, 1.54) is 28.0 Å². The Bertz CT molecular complexity index is 6700. The maximum Gasteiger partial charge on any atom is 0.188 e. The molecule has 0 radical (unpaired) electrons. The molecule has 0 unspecified atom stereocenters. The maximum absolute atomic E-state index is 4.61. The fourth-order valence-corrected chi connectivity index (χ4v) is 17.0. The number of nitrogens with one attached hydrogen (secondary N) is 7. The Balaban J connectivity index is 0.000000118. The van der Waals surface area contributed by atoms with Crippen molar-refractivity contribution in [3.05, 3.63) is 388 Å². The lowest BCUT2D eigenvalue weighted by atomic mass is 10.1. The number of benzene rings is 2. The zero-order valence-corrected chi connectivity index (χ0v) is 78.6. The predicted octanol–water partition coefficient (Wildman–Crippen LogP) is 26.8. The number of anilines is 14. The molecule has 0 saturated carbocycles. The van der Waals surface area contributed by atoms with Gasteiger partial charge in [0.25, 0.3) is 0 Å². The summed E-state index contributed by atoms with van der Waals surface area (Å²) in [6.45, 7) is 14.2. The molecule has 0 saturated heterocycles. The molecule has 0 aliphatic rings. The zero-order chi connectivity index (χ0) is 91.6. The Morgan fingerprint density at radius 1 is 0.203 bits per heavy atom. The van der Waals surface area contributed by atoms with Gasteiger partial charge < -0.3 is 37.2 Å². The van der Waals surface area contributed by atoms with Crippen LogP contribution in [0.2, 0.25) is 0 Å². The van der Waals surface area contributed by atoms with E-state index in [-0.39, 0.29) is 0 Å². The third-order valence-electron chi connectivity index (χ3n) is 18.8. The number of thiazole rings is 7. The van der Waals surface area contributed by atoms with Crippen LogP contribution >= 0.6 is 79.4 Å². The summed E-state index contributed by atoms with van der Waals surface area (Å²) in [6.07, 6.45) is 23.0. The first-order chi connectivity index (χ1) is 65.2. The molecule has 19 aromatic heterocycles. The van der Waals surface area contributed by atoms with Gasteiger partial charge in [0.2, 0.25) is 0 Å². The third-order valence-corrected chi connectivity index (χ3v) is 24.1. The summed E-state index contributed by atoms with van der Waals surface area (Å²) in [5, 5.41) is 42.6. The quantitative estimate of drug-likeness (QED) is 0.0351. The summed E-state index contributed by atoms with van der Waals surface area (Å²) < 4.78 is 0. The normalized spacial score (nSPS) is 10.4. The number of hydrogen-bond acceptors (Lipinski definition) is 33. The molecule has 33 heteroatoms. The first kappa shape index (κ1) is 92.0. The van der Waals surface area contributed by atoms with E-state index in [1.807, 2.05) is 267 Å². The largest absolute Gasteiger partial charge is 0.331 e. The number of para-hydroxylation sites is 1. The molecule has 0 atom stereocenters. The van der Waals surface area contributed by atoms with E-state index >= 15 is 0 Å². The molecule has 21 rings (SSSR count). The summed E-state index contributed by atoms with van der Waals surface area (Å²) >= 11 is 10.9. The number of rotatable bonds is 21. The van der Waals surface area contributed by atoms with Crippen molar-refractivity contribution in [1.29, 1.82) is 0 Å². The molecule has 133 heavy (non-hydrogen) atoms. The van der Waals surface area contributed by atoms with E-state index in [0.29, 0.717) is 0 Å². The number of nitrogens with zero attached hydrogens (tertiary/aromatic N) is 19. The van der Waals surface area contributed by atoms with Gasteiger partial charge in [-0.1, -0.05) is 103 Å². The summed E-state index contributed by atoms with van der Waals surface area (Å²) in [4.78, 5) is 82.8. The van der Waals surface area contributed by atoms with E-state index in [2.05, 4.69) is 188 Å². The lowest BCUT2D eigenvalue weighted by molar-refractivity contribution is 1.19. The summed E-state index contributed by atoms with van der Waals surface area (Å²) in [5.74, 6) is 4.95. The smallest absolute Gasteiger partial charge is 0.188 e. The SMILES string of the molecule is Cc1ccc(-c2csc(Nc3ncccc3C)n2)cc1.Cc1cccc(Nc2nc(-c3ccccn3)cs2)n1.Cc1ccccc1Nc1nc(-c2ccccn2)cs1.Cc1cccnc1Nc1nc(-c2cccnc2)cs1.Cc1cccnc1Nc1nc(-c2ccncc2)cs1.Cc1ccnc(Nc2nc(-c3ccccn3)cs2)c1.c1ccc(Nc2nc(-c3ccccn3)cs2)nc1. The van der Waals surface area contributed by atoms with Gasteiger partial charge in [-0.25, -0.2) is 64.8 Å². The van der Waals surface area contributed by atoms with Crippen molar-refractivity contribution in [2.45, 2.75) is 48.5 Å². The Hall–Kier alpha value is -15.8. The summed E-state index contributed by atoms with van der Waals surface area (Å²) in [7, 11) is 0. The number of pyridine rings is 12. The van der Waals surface area contributed by atoms with Crippen LogP contribution in [0.1, 0.15) is 39.1 Å². The fourth-order valence-electron chi connectivity index (χ4n) is 12.0. The van der Waals surface area contributed by atoms with Crippen LogP contribution in [0.3, 0.4) is 0 Å². The molecule has 7 N–H and O–H groups in total. The Kier molecular flexibility index (Phi) is 32.9. The average Bonchev–Trinajstić information content (AvgIpc) is 1.62. The van der Waals surface area contributed by atoms with Crippen LogP contribution in [0.15, 0.2) is 349 Å². The van der Waals surface area contributed by atoms with Gasteiger partial charge in [0.05, 0.1) is 39.9 Å². The summed E-state index contributed by atoms with van der Waals surface area (Å²) in [6, 6.07) is 75.0. The Morgan fingerprint density at radius 3 is 0.977 bits per heavy atom. The molecular formula is C100H86N26S7. The van der Waals surface area contributed by atoms with Crippen molar-refractivity contribution in [3.8, 4) is 79.3 Å². The van der Waals surface area contributed by atoms with Crippen molar-refractivity contribution in [2.75, 3.05) is 37.2 Å². The van der Waals surface area contributed by atoms with Crippen molar-refractivity contribution >= 4 is 156 Å². The second kappa shape index (κ2) is 47.5. The van der Waals surface area contributed by atoms with E-state index in [4.69, 9.17) is 0 Å². The van der Waals surface area contributed by atoms with Crippen LogP contribution < -0.4 is 37.2 Å². The first-order valence-electron chi connectivity index (χ1n) is 41.4. The topological polar surface area (TPSA) is 329 Å². The molecule has 0 aliphatic carbocycles. The molecule has 0 spiro atoms. The minimum atomic E-state index is 0.791. The van der Waals surface area contributed by atoms with Gasteiger partial charge in [-0.2, -0.15) is 0 Å². The number of aromatic nitrogens is 19. The van der Waals surface area contributed by atoms with Gasteiger partial charge in [-0.05, 0) is 210 Å². The van der Waals surface area contributed by atoms with Crippen molar-refractivity contribution in [1.82, 2.24) is 94.7 Å². The molecule has 0 fully saturated rings. The van der Waals surface area contributed by atoms with E-state index in [0.717, 1.165) is 178 Å². The molecule has 0 amide bonds. The molecule has 26 nitrogen and oxygen atoms in total. The second-order valence-electron chi connectivity index (χ2n) is 28.8. The molecule has 0 bridgehead atoms. The van der Waals surface area contributed by atoms with Crippen LogP contribution in [-0.2, 0) is 0 Å². The average molecular weight is 1880 g/mol. The van der Waals surface area contributed by atoms with Crippen LogP contribution in [0, 0.1) is 48.5 Å². The lowest BCUT2D eigenvalue weighted by Gasteiger charge is -2.05. The number of aryl methyl sites for hydroxylation is 7. The Labute approximate surface area is 797 Å².